The van der Waals surface area contributed by atoms with Gasteiger partial charge in [-0.2, -0.15) is 0 Å². The lowest BCUT2D eigenvalue weighted by Gasteiger charge is -2.23. The van der Waals surface area contributed by atoms with Crippen LogP contribution in [0.2, 0.25) is 0 Å². The van der Waals surface area contributed by atoms with E-state index in [0.29, 0.717) is 29.4 Å². The van der Waals surface area contributed by atoms with E-state index in [-0.39, 0.29) is 5.56 Å². The molecule has 1 amide bonds. The van der Waals surface area contributed by atoms with E-state index in [9.17, 15) is 9.59 Å². The number of nitrogens with two attached hydrogens (primary N) is 1. The van der Waals surface area contributed by atoms with E-state index < -0.39 is 12.0 Å². The van der Waals surface area contributed by atoms with Gasteiger partial charge in [-0.05, 0) is 61.4 Å². The monoisotopic (exact) mass is 566 g/mol. The largest absolute Gasteiger partial charge is 0.475 e. The number of aromatic nitrogens is 3. The molecule has 2 aromatic heterocycles. The Balaban J connectivity index is 1.83. The van der Waals surface area contributed by atoms with Crippen molar-refractivity contribution in [1.82, 2.24) is 14.5 Å². The van der Waals surface area contributed by atoms with Gasteiger partial charge in [0.25, 0.3) is 11.5 Å². The van der Waals surface area contributed by atoms with Crippen molar-refractivity contribution < 1.29 is 9.53 Å². The summed E-state index contributed by atoms with van der Waals surface area (Å²) in [6, 6.07) is 19.2. The predicted molar refractivity (Wildman–Crippen MR) is 167 cm³/mol. The third-order valence-electron chi connectivity index (χ3n) is 7.39. The molecule has 7 heteroatoms. The lowest BCUT2D eigenvalue weighted by Crippen LogP contribution is -2.29. The van der Waals surface area contributed by atoms with Crippen molar-refractivity contribution in [3.8, 4) is 11.6 Å². The second kappa shape index (κ2) is 14.6. The number of unbranched alkanes of at least 4 members (excludes halogenated alkanes) is 1. The molecule has 4 aromatic rings. The normalized spacial score (nSPS) is 11.8. The average molecular weight is 567 g/mol. The standard InChI is InChI=1S/C35H42N4O3/c1-5-8-18-30-29(35(41)39(24(4)38-30)31-19-12-13-20-37-31)23-25-21-27(14-6-2)32(28(22-25)15-7-3)42-33(34(36)40)26-16-10-9-11-17-26/h9-13,16-17,19-22,33H,5-8,14-15,18,23H2,1-4H3,(H2,36,40). The number of aryl methyl sites for hydroxylation is 4. The number of carbonyl (C=O) groups is 1. The lowest BCUT2D eigenvalue weighted by molar-refractivity contribution is -0.125. The number of primary amides is 1. The van der Waals surface area contributed by atoms with Crippen LogP contribution in [-0.4, -0.2) is 20.4 Å². The molecule has 0 aliphatic carbocycles. The maximum absolute atomic E-state index is 14.1. The van der Waals surface area contributed by atoms with E-state index in [2.05, 4.69) is 37.9 Å². The van der Waals surface area contributed by atoms with Crippen molar-refractivity contribution in [1.29, 1.82) is 0 Å². The molecule has 0 aliphatic rings. The van der Waals surface area contributed by atoms with Crippen LogP contribution >= 0.6 is 0 Å². The minimum absolute atomic E-state index is 0.0837. The van der Waals surface area contributed by atoms with Crippen molar-refractivity contribution >= 4 is 5.91 Å². The molecule has 220 valence electrons. The van der Waals surface area contributed by atoms with E-state index in [1.165, 1.54) is 0 Å². The Bertz CT molecular complexity index is 1520. The van der Waals surface area contributed by atoms with E-state index in [1.807, 2.05) is 55.5 Å². The second-order valence-electron chi connectivity index (χ2n) is 10.7. The van der Waals surface area contributed by atoms with Crippen molar-refractivity contribution in [2.24, 2.45) is 5.73 Å². The van der Waals surface area contributed by atoms with Gasteiger partial charge in [0, 0.05) is 23.7 Å². The molecule has 2 aromatic carbocycles. The molecule has 1 unspecified atom stereocenters. The van der Waals surface area contributed by atoms with Crippen LogP contribution < -0.4 is 16.0 Å². The van der Waals surface area contributed by atoms with Crippen LogP contribution in [0.5, 0.6) is 5.75 Å². The number of hydrogen-bond donors (Lipinski definition) is 1. The SMILES string of the molecule is CCCCc1nc(C)n(-c2ccccn2)c(=O)c1Cc1cc(CCC)c(OC(C(N)=O)c2ccccc2)c(CCC)c1. The number of pyridine rings is 1. The summed E-state index contributed by atoms with van der Waals surface area (Å²) < 4.78 is 8.08. The van der Waals surface area contributed by atoms with Crippen LogP contribution in [0.15, 0.2) is 71.7 Å². The van der Waals surface area contributed by atoms with Gasteiger partial charge in [-0.1, -0.05) is 88.6 Å². The highest BCUT2D eigenvalue weighted by atomic mass is 16.5. The number of benzene rings is 2. The van der Waals surface area contributed by atoms with Crippen LogP contribution in [0, 0.1) is 6.92 Å². The van der Waals surface area contributed by atoms with Gasteiger partial charge < -0.3 is 10.5 Å². The first-order valence-electron chi connectivity index (χ1n) is 15.1. The number of ether oxygens (including phenoxy) is 1. The highest BCUT2D eigenvalue weighted by Crippen LogP contribution is 2.33. The molecule has 0 radical (unpaired) electrons. The lowest BCUT2D eigenvalue weighted by atomic mass is 9.94. The van der Waals surface area contributed by atoms with Crippen molar-refractivity contribution in [2.75, 3.05) is 0 Å². The number of hydrogen-bond acceptors (Lipinski definition) is 5. The summed E-state index contributed by atoms with van der Waals surface area (Å²) in [4.78, 5) is 35.9. The maximum Gasteiger partial charge on any atom is 0.263 e. The third-order valence-corrected chi connectivity index (χ3v) is 7.39. The van der Waals surface area contributed by atoms with Gasteiger partial charge in [0.05, 0.1) is 5.69 Å². The summed E-state index contributed by atoms with van der Waals surface area (Å²) in [6.45, 7) is 8.25. The zero-order valence-electron chi connectivity index (χ0n) is 25.2. The molecule has 4 rings (SSSR count). The fraction of sp³-hybridized carbons (Fsp3) is 0.371. The minimum atomic E-state index is -0.893. The van der Waals surface area contributed by atoms with Gasteiger partial charge in [-0.3, -0.25) is 9.59 Å². The van der Waals surface area contributed by atoms with Gasteiger partial charge in [0.2, 0.25) is 6.10 Å². The first-order valence-corrected chi connectivity index (χ1v) is 15.1. The highest BCUT2D eigenvalue weighted by molar-refractivity contribution is 5.81. The van der Waals surface area contributed by atoms with Gasteiger partial charge in [-0.15, -0.1) is 0 Å². The molecule has 7 nitrogen and oxygen atoms in total. The minimum Gasteiger partial charge on any atom is -0.475 e. The quantitative estimate of drug-likeness (QED) is 0.191. The van der Waals surface area contributed by atoms with Crippen molar-refractivity contribution in [3.63, 3.8) is 0 Å². The van der Waals surface area contributed by atoms with Gasteiger partial charge in [0.1, 0.15) is 17.4 Å². The fourth-order valence-corrected chi connectivity index (χ4v) is 5.43. The Morgan fingerprint density at radius 1 is 0.929 bits per heavy atom. The Hall–Kier alpha value is -4.26. The Morgan fingerprint density at radius 3 is 2.17 bits per heavy atom. The molecule has 0 saturated carbocycles. The molecule has 2 heterocycles. The second-order valence-corrected chi connectivity index (χ2v) is 10.7. The molecule has 42 heavy (non-hydrogen) atoms. The van der Waals surface area contributed by atoms with Crippen LogP contribution in [0.4, 0.5) is 0 Å². The summed E-state index contributed by atoms with van der Waals surface area (Å²) in [5, 5.41) is 0. The van der Waals surface area contributed by atoms with E-state index in [4.69, 9.17) is 15.5 Å². The Kier molecular flexibility index (Phi) is 10.7. The molecule has 0 bridgehead atoms. The smallest absolute Gasteiger partial charge is 0.263 e. The van der Waals surface area contributed by atoms with E-state index in [0.717, 1.165) is 72.9 Å². The maximum atomic E-state index is 14.1. The number of carbonyl (C=O) groups excluding carboxylic acids is 1. The van der Waals surface area contributed by atoms with E-state index >= 15 is 0 Å². The summed E-state index contributed by atoms with van der Waals surface area (Å²) in [5.41, 5.74) is 11.1. The summed E-state index contributed by atoms with van der Waals surface area (Å²) in [7, 11) is 0. The molecule has 2 N–H and O–H groups in total. The summed E-state index contributed by atoms with van der Waals surface area (Å²) >= 11 is 0. The third kappa shape index (κ3) is 7.14. The topological polar surface area (TPSA) is 100 Å². The zero-order valence-corrected chi connectivity index (χ0v) is 25.2. The Morgan fingerprint density at radius 2 is 1.60 bits per heavy atom. The van der Waals surface area contributed by atoms with Crippen LogP contribution in [0.3, 0.4) is 0 Å². The average Bonchev–Trinajstić information content (AvgIpc) is 2.98. The van der Waals surface area contributed by atoms with Gasteiger partial charge in [0.15, 0.2) is 0 Å². The molecule has 0 aliphatic heterocycles. The zero-order chi connectivity index (χ0) is 30.1. The summed E-state index contributed by atoms with van der Waals surface area (Å²) in [5.74, 6) is 1.39. The Labute approximate surface area is 248 Å². The number of amides is 1. The number of nitrogens with zero attached hydrogens (tertiary/aromatic N) is 3. The first kappa shape index (κ1) is 30.7. The fourth-order valence-electron chi connectivity index (χ4n) is 5.43. The number of rotatable bonds is 14. The highest BCUT2D eigenvalue weighted by Gasteiger charge is 2.24. The molecule has 0 spiro atoms. The van der Waals surface area contributed by atoms with Crippen molar-refractivity contribution in [3.05, 3.63) is 117 Å². The predicted octanol–water partition coefficient (Wildman–Crippen LogP) is 6.38. The molecule has 0 saturated heterocycles. The van der Waals surface area contributed by atoms with Gasteiger partial charge in [-0.25, -0.2) is 14.5 Å². The first-order chi connectivity index (χ1) is 20.4. The summed E-state index contributed by atoms with van der Waals surface area (Å²) in [6.07, 6.45) is 7.30. The van der Waals surface area contributed by atoms with Crippen LogP contribution in [0.1, 0.15) is 91.9 Å². The van der Waals surface area contributed by atoms with Gasteiger partial charge >= 0.3 is 0 Å². The molecule has 0 fully saturated rings. The van der Waals surface area contributed by atoms with Crippen molar-refractivity contribution in [2.45, 2.75) is 85.2 Å². The van der Waals surface area contributed by atoms with Crippen LogP contribution in [-0.2, 0) is 30.5 Å². The molecule has 1 atom stereocenters. The molecular formula is C35H42N4O3. The van der Waals surface area contributed by atoms with E-state index in [1.54, 1.807) is 10.8 Å². The van der Waals surface area contributed by atoms with Crippen LogP contribution in [0.25, 0.3) is 5.82 Å². The molecular weight excluding hydrogens is 524 g/mol.